The van der Waals surface area contributed by atoms with E-state index in [-0.39, 0.29) is 12.0 Å². The molecule has 5 heteroatoms. The van der Waals surface area contributed by atoms with Crippen LogP contribution in [0.3, 0.4) is 0 Å². The second-order valence-electron chi connectivity index (χ2n) is 3.17. The number of benzene rings is 1. The van der Waals surface area contributed by atoms with Gasteiger partial charge in [0.05, 0.1) is 11.2 Å². The molecule has 0 radical (unpaired) electrons. The highest BCUT2D eigenvalue weighted by Crippen LogP contribution is 2.25. The average molecular weight is 249 g/mol. The lowest BCUT2D eigenvalue weighted by Gasteiger charge is -2.08. The molecule has 1 aromatic rings. The molecule has 0 aliphatic rings. The zero-order chi connectivity index (χ0) is 16.5. The van der Waals surface area contributed by atoms with Gasteiger partial charge in [0, 0.05) is 2.74 Å². The highest BCUT2D eigenvalue weighted by Gasteiger charge is 2.16. The molecule has 0 saturated heterocycles. The van der Waals surface area contributed by atoms with Crippen LogP contribution >= 0.6 is 0 Å². The number of rotatable bonds is 5. The second kappa shape index (κ2) is 5.32. The van der Waals surface area contributed by atoms with Gasteiger partial charge in [-0.3, -0.25) is 4.55 Å². The lowest BCUT2D eigenvalue weighted by Crippen LogP contribution is -2.02. The van der Waals surface area contributed by atoms with Gasteiger partial charge in [-0.2, -0.15) is 8.42 Å². The van der Waals surface area contributed by atoms with E-state index in [0.29, 0.717) is 6.42 Å². The van der Waals surface area contributed by atoms with E-state index in [2.05, 4.69) is 4.74 Å². The summed E-state index contributed by atoms with van der Waals surface area (Å²) in [6, 6.07) is 3.11. The van der Waals surface area contributed by atoms with E-state index in [4.69, 9.17) is 11.4 Å². The number of hydrogen-bond donors (Lipinski definition) is 1. The van der Waals surface area contributed by atoms with E-state index in [1.807, 2.05) is 0 Å². The molecule has 90 valence electrons. The van der Waals surface area contributed by atoms with Crippen molar-refractivity contribution in [3.63, 3.8) is 0 Å². The Bertz CT molecular complexity index is 610. The van der Waals surface area contributed by atoms with E-state index < -0.39 is 34.2 Å². The highest BCUT2D eigenvalue weighted by atomic mass is 32.2. The number of ether oxygens (including phenoxy) is 1. The Morgan fingerprint density at radius 1 is 1.56 bits per heavy atom. The summed E-state index contributed by atoms with van der Waals surface area (Å²) >= 11 is 0. The standard InChI is InChI=1S/C11H16O4S/c1-3-4-5-9-6-7-11(16(12,13)14)10(8-9)15-2/h6-8H,3-5H2,1-2H3,(H,12,13,14)/i2D3,5D2. The normalized spacial score (nSPS) is 17.8. The first kappa shape index (κ1) is 7.29. The molecular weight excluding hydrogens is 228 g/mol. The summed E-state index contributed by atoms with van der Waals surface area (Å²) in [5.41, 5.74) is 0.0796. The van der Waals surface area contributed by atoms with Crippen molar-refractivity contribution in [3.05, 3.63) is 23.8 Å². The van der Waals surface area contributed by atoms with Crippen molar-refractivity contribution in [2.75, 3.05) is 7.04 Å². The van der Waals surface area contributed by atoms with Gasteiger partial charge in [-0.1, -0.05) is 19.4 Å². The third-order valence-corrected chi connectivity index (χ3v) is 2.80. The molecule has 0 unspecified atom stereocenters. The van der Waals surface area contributed by atoms with Crippen molar-refractivity contribution in [2.45, 2.75) is 31.0 Å². The number of hydrogen-bond acceptors (Lipinski definition) is 3. The number of aryl methyl sites for hydroxylation is 1. The predicted octanol–water partition coefficient (Wildman–Crippen LogP) is 2.28. The van der Waals surface area contributed by atoms with Gasteiger partial charge in [-0.25, -0.2) is 0 Å². The molecule has 0 aromatic heterocycles. The maximum Gasteiger partial charge on any atom is 0.298 e. The van der Waals surface area contributed by atoms with Crippen molar-refractivity contribution >= 4 is 10.1 Å². The third-order valence-electron chi connectivity index (χ3n) is 1.91. The summed E-state index contributed by atoms with van der Waals surface area (Å²) in [5.74, 6) is -0.602. The van der Waals surface area contributed by atoms with Crippen LogP contribution in [-0.2, 0) is 16.5 Å². The molecule has 0 fully saturated rings. The molecule has 0 heterocycles. The lowest BCUT2D eigenvalue weighted by molar-refractivity contribution is 0.397. The molecule has 1 aromatic carbocycles. The average Bonchev–Trinajstić information content (AvgIpc) is 2.24. The van der Waals surface area contributed by atoms with Crippen LogP contribution in [0, 0.1) is 0 Å². The van der Waals surface area contributed by atoms with Crippen molar-refractivity contribution in [1.82, 2.24) is 0 Å². The summed E-state index contributed by atoms with van der Waals surface area (Å²) in [4.78, 5) is -0.713. The van der Waals surface area contributed by atoms with Crippen LogP contribution in [0.2, 0.25) is 0 Å². The Labute approximate surface area is 103 Å². The van der Waals surface area contributed by atoms with Crippen molar-refractivity contribution in [2.24, 2.45) is 0 Å². The molecule has 0 bridgehead atoms. The van der Waals surface area contributed by atoms with E-state index in [0.717, 1.165) is 12.1 Å². The van der Waals surface area contributed by atoms with Crippen LogP contribution < -0.4 is 4.74 Å². The summed E-state index contributed by atoms with van der Waals surface area (Å²) in [7, 11) is -7.60. The molecule has 0 saturated carbocycles. The summed E-state index contributed by atoms with van der Waals surface area (Å²) in [6.07, 6.45) is -1.05. The minimum Gasteiger partial charge on any atom is -0.495 e. The highest BCUT2D eigenvalue weighted by molar-refractivity contribution is 7.86. The van der Waals surface area contributed by atoms with Crippen molar-refractivity contribution in [3.8, 4) is 5.75 Å². The van der Waals surface area contributed by atoms with Crippen LogP contribution in [-0.4, -0.2) is 20.0 Å². The largest absolute Gasteiger partial charge is 0.495 e. The van der Waals surface area contributed by atoms with Gasteiger partial charge in [0.1, 0.15) is 10.6 Å². The van der Waals surface area contributed by atoms with Gasteiger partial charge in [0.15, 0.2) is 0 Å². The van der Waals surface area contributed by atoms with Gasteiger partial charge >= 0.3 is 0 Å². The zero-order valence-electron chi connectivity index (χ0n) is 13.7. The first-order valence-corrected chi connectivity index (χ1v) is 6.12. The smallest absolute Gasteiger partial charge is 0.298 e. The fourth-order valence-corrected chi connectivity index (χ4v) is 1.78. The molecule has 1 N–H and O–H groups in total. The topological polar surface area (TPSA) is 63.6 Å². The quantitative estimate of drug-likeness (QED) is 0.813. The Balaban J connectivity index is 3.40. The predicted molar refractivity (Wildman–Crippen MR) is 61.4 cm³/mol. The Morgan fingerprint density at radius 2 is 2.31 bits per heavy atom. The molecule has 0 spiro atoms. The molecular formula is C11H16O4S. The van der Waals surface area contributed by atoms with Gasteiger partial charge in [0.25, 0.3) is 10.1 Å². The Kier molecular flexibility index (Phi) is 2.42. The van der Waals surface area contributed by atoms with Crippen LogP contribution in [0.25, 0.3) is 0 Å². The van der Waals surface area contributed by atoms with Crippen LogP contribution in [0.1, 0.15) is 32.2 Å². The first-order valence-electron chi connectivity index (χ1n) is 7.18. The van der Waals surface area contributed by atoms with Gasteiger partial charge in [-0.05, 0) is 30.5 Å². The zero-order valence-corrected chi connectivity index (χ0v) is 9.54. The SMILES string of the molecule is [2H]C([2H])([2H])Oc1cc(C([2H])([2H])CCC)ccc1S(=O)(=O)O. The van der Waals surface area contributed by atoms with E-state index in [1.54, 1.807) is 6.92 Å². The second-order valence-corrected chi connectivity index (χ2v) is 4.56. The van der Waals surface area contributed by atoms with Gasteiger partial charge in [0.2, 0.25) is 0 Å². The Hall–Kier alpha value is -1.07. The maximum absolute atomic E-state index is 11.2. The molecule has 0 atom stereocenters. The molecule has 0 amide bonds. The maximum atomic E-state index is 11.2. The van der Waals surface area contributed by atoms with Crippen LogP contribution in [0.5, 0.6) is 5.75 Å². The summed E-state index contributed by atoms with van der Waals surface area (Å²) in [5, 5.41) is 0. The van der Waals surface area contributed by atoms with Crippen molar-refractivity contribution in [1.29, 1.82) is 0 Å². The molecule has 16 heavy (non-hydrogen) atoms. The van der Waals surface area contributed by atoms with Crippen LogP contribution in [0.15, 0.2) is 23.1 Å². The lowest BCUT2D eigenvalue weighted by atomic mass is 10.1. The van der Waals surface area contributed by atoms with Crippen LogP contribution in [0.4, 0.5) is 0 Å². The summed E-state index contributed by atoms with van der Waals surface area (Å²) < 4.78 is 72.9. The van der Waals surface area contributed by atoms with E-state index >= 15 is 0 Å². The van der Waals surface area contributed by atoms with Gasteiger partial charge in [-0.15, -0.1) is 0 Å². The third kappa shape index (κ3) is 3.21. The number of methoxy groups -OCH3 is 1. The fraction of sp³-hybridized carbons (Fsp3) is 0.455. The molecule has 0 aliphatic heterocycles. The van der Waals surface area contributed by atoms with Crippen molar-refractivity contribution < 1.29 is 24.6 Å². The molecule has 1 rings (SSSR count). The monoisotopic (exact) mass is 249 g/mol. The minimum absolute atomic E-state index is 0.0796. The van der Waals surface area contributed by atoms with E-state index in [9.17, 15) is 8.42 Å². The van der Waals surface area contributed by atoms with E-state index in [1.165, 1.54) is 6.07 Å². The molecule has 0 aliphatic carbocycles. The molecule has 4 nitrogen and oxygen atoms in total. The Morgan fingerprint density at radius 3 is 2.88 bits per heavy atom. The first-order chi connectivity index (χ1) is 9.37. The minimum atomic E-state index is -4.68. The van der Waals surface area contributed by atoms with Gasteiger partial charge < -0.3 is 4.74 Å². The fourth-order valence-electron chi connectivity index (χ4n) is 1.18. The summed E-state index contributed by atoms with van der Waals surface area (Å²) in [6.45, 7) is 1.78.